The number of amides is 1. The molecule has 3 heterocycles. The van der Waals surface area contributed by atoms with Crippen LogP contribution in [0.1, 0.15) is 12.8 Å². The number of nitrogens with zero attached hydrogens (tertiary/aromatic N) is 5. The van der Waals surface area contributed by atoms with Gasteiger partial charge in [-0.3, -0.25) is 9.78 Å². The molecule has 1 unspecified atom stereocenters. The first kappa shape index (κ1) is 15.4. The maximum absolute atomic E-state index is 11.9. The minimum absolute atomic E-state index is 0.0786. The molecule has 2 N–H and O–H groups in total. The van der Waals surface area contributed by atoms with Crippen molar-refractivity contribution >= 4 is 11.7 Å². The summed E-state index contributed by atoms with van der Waals surface area (Å²) in [7, 11) is 0. The molecule has 2 aromatic heterocycles. The predicted molar refractivity (Wildman–Crippen MR) is 83.7 cm³/mol. The second kappa shape index (κ2) is 6.74. The molecule has 23 heavy (non-hydrogen) atoms. The van der Waals surface area contributed by atoms with E-state index in [4.69, 9.17) is 0 Å². The molecular weight excluding hydrogens is 296 g/mol. The molecule has 122 valence electrons. The number of carbonyl (C=O) groups excluding carboxylic acids is 1. The third kappa shape index (κ3) is 4.04. The number of hydrogen-bond donors (Lipinski definition) is 2. The molecule has 1 amide bonds. The number of imidazole rings is 1. The first-order chi connectivity index (χ1) is 11.1. The summed E-state index contributed by atoms with van der Waals surface area (Å²) in [5.74, 6) is 0.667. The lowest BCUT2D eigenvalue weighted by molar-refractivity contribution is -0.122. The Morgan fingerprint density at radius 1 is 1.35 bits per heavy atom. The molecular formula is C15H20N6O2. The summed E-state index contributed by atoms with van der Waals surface area (Å²) in [6, 6.07) is 0. The van der Waals surface area contributed by atoms with E-state index in [1.165, 1.54) is 0 Å². The number of carbonyl (C=O) groups is 1. The molecule has 2 aromatic rings. The molecule has 0 bridgehead atoms. The first-order valence-electron chi connectivity index (χ1n) is 7.60. The van der Waals surface area contributed by atoms with Gasteiger partial charge in [0, 0.05) is 57.4 Å². The Morgan fingerprint density at radius 3 is 3.00 bits per heavy atom. The zero-order valence-electron chi connectivity index (χ0n) is 12.8. The van der Waals surface area contributed by atoms with E-state index in [1.807, 2.05) is 15.7 Å². The van der Waals surface area contributed by atoms with Crippen molar-refractivity contribution in [3.8, 4) is 0 Å². The number of hydrogen-bond acceptors (Lipinski definition) is 6. The van der Waals surface area contributed by atoms with Crippen LogP contribution < -0.4 is 10.2 Å². The van der Waals surface area contributed by atoms with Gasteiger partial charge in [0.1, 0.15) is 11.4 Å². The van der Waals surface area contributed by atoms with Crippen molar-refractivity contribution in [2.24, 2.45) is 0 Å². The molecule has 8 heteroatoms. The SMILES string of the molecule is O=C(CCn1ccnc1)NCC1(O)CCN(c2cnccn2)C1. The van der Waals surface area contributed by atoms with Gasteiger partial charge >= 0.3 is 0 Å². The average Bonchev–Trinajstić information content (AvgIpc) is 3.22. The van der Waals surface area contributed by atoms with E-state index in [2.05, 4.69) is 20.3 Å². The van der Waals surface area contributed by atoms with Crippen molar-refractivity contribution in [1.29, 1.82) is 0 Å². The smallest absolute Gasteiger partial charge is 0.221 e. The van der Waals surface area contributed by atoms with Crippen molar-refractivity contribution in [2.45, 2.75) is 25.0 Å². The molecule has 1 atom stereocenters. The van der Waals surface area contributed by atoms with Crippen molar-refractivity contribution < 1.29 is 9.90 Å². The van der Waals surface area contributed by atoms with Crippen LogP contribution >= 0.6 is 0 Å². The zero-order chi connectivity index (χ0) is 16.1. The largest absolute Gasteiger partial charge is 0.386 e. The molecule has 1 saturated heterocycles. The highest BCUT2D eigenvalue weighted by molar-refractivity contribution is 5.75. The Bertz CT molecular complexity index is 633. The van der Waals surface area contributed by atoms with E-state index in [0.29, 0.717) is 32.5 Å². The van der Waals surface area contributed by atoms with Crippen LogP contribution in [0.5, 0.6) is 0 Å². The third-order valence-electron chi connectivity index (χ3n) is 3.98. The fourth-order valence-corrected chi connectivity index (χ4v) is 2.65. The van der Waals surface area contributed by atoms with Crippen molar-refractivity contribution in [2.75, 3.05) is 24.5 Å². The first-order valence-corrected chi connectivity index (χ1v) is 7.60. The van der Waals surface area contributed by atoms with Gasteiger partial charge in [-0.1, -0.05) is 0 Å². The lowest BCUT2D eigenvalue weighted by atomic mass is 10.0. The van der Waals surface area contributed by atoms with Gasteiger partial charge < -0.3 is 19.9 Å². The predicted octanol–water partition coefficient (Wildman–Crippen LogP) is -0.179. The number of aliphatic hydroxyl groups is 1. The summed E-state index contributed by atoms with van der Waals surface area (Å²) < 4.78 is 1.85. The van der Waals surface area contributed by atoms with Crippen molar-refractivity contribution in [3.05, 3.63) is 37.3 Å². The topological polar surface area (TPSA) is 96.2 Å². The third-order valence-corrected chi connectivity index (χ3v) is 3.98. The van der Waals surface area contributed by atoms with Gasteiger partial charge in [-0.15, -0.1) is 0 Å². The summed E-state index contributed by atoms with van der Waals surface area (Å²) in [6.45, 7) is 1.95. The van der Waals surface area contributed by atoms with Crippen LogP contribution in [0.25, 0.3) is 0 Å². The molecule has 0 radical (unpaired) electrons. The number of anilines is 1. The lowest BCUT2D eigenvalue weighted by Gasteiger charge is -2.24. The fraction of sp³-hybridized carbons (Fsp3) is 0.467. The number of nitrogens with one attached hydrogen (secondary N) is 1. The standard InChI is InChI=1S/C15H20N6O2/c22-14(1-6-20-8-5-17-12-20)19-10-15(23)2-7-21(11-15)13-9-16-3-4-18-13/h3-5,8-9,12,23H,1-2,6-7,10-11H2,(H,19,22). The van der Waals surface area contributed by atoms with Crippen molar-refractivity contribution in [1.82, 2.24) is 24.8 Å². The van der Waals surface area contributed by atoms with Gasteiger partial charge in [-0.05, 0) is 6.42 Å². The highest BCUT2D eigenvalue weighted by Crippen LogP contribution is 2.24. The van der Waals surface area contributed by atoms with Crippen LogP contribution in [0.2, 0.25) is 0 Å². The van der Waals surface area contributed by atoms with Gasteiger partial charge in [-0.2, -0.15) is 0 Å². The second-order valence-electron chi connectivity index (χ2n) is 5.79. The monoisotopic (exact) mass is 316 g/mol. The Morgan fingerprint density at radius 2 is 2.26 bits per heavy atom. The maximum atomic E-state index is 11.9. The van der Waals surface area contributed by atoms with E-state index in [9.17, 15) is 9.90 Å². The Kier molecular flexibility index (Phi) is 4.52. The summed E-state index contributed by atoms with van der Waals surface area (Å²) in [4.78, 5) is 26.1. The summed E-state index contributed by atoms with van der Waals surface area (Å²) >= 11 is 0. The molecule has 3 rings (SSSR count). The van der Waals surface area contributed by atoms with Crippen molar-refractivity contribution in [3.63, 3.8) is 0 Å². The van der Waals surface area contributed by atoms with Crippen LogP contribution in [-0.4, -0.2) is 55.8 Å². The molecule has 0 aliphatic carbocycles. The molecule has 0 aromatic carbocycles. The van der Waals surface area contributed by atoms with E-state index >= 15 is 0 Å². The Hall–Kier alpha value is -2.48. The number of aromatic nitrogens is 4. The van der Waals surface area contributed by atoms with Gasteiger partial charge in [0.25, 0.3) is 0 Å². The molecule has 1 fully saturated rings. The molecule has 1 aliphatic rings. The van der Waals surface area contributed by atoms with Gasteiger partial charge in [-0.25, -0.2) is 9.97 Å². The number of β-amino-alcohol motifs (C(OH)–C–C–N with tert-alkyl or cyclic N) is 1. The lowest BCUT2D eigenvalue weighted by Crippen LogP contribution is -2.45. The van der Waals surface area contributed by atoms with E-state index in [0.717, 1.165) is 5.82 Å². The number of rotatable bonds is 6. The van der Waals surface area contributed by atoms with Gasteiger partial charge in [0.15, 0.2) is 0 Å². The number of aryl methyl sites for hydroxylation is 1. The van der Waals surface area contributed by atoms with Crippen LogP contribution in [0, 0.1) is 0 Å². The highest BCUT2D eigenvalue weighted by Gasteiger charge is 2.36. The van der Waals surface area contributed by atoms with Crippen LogP contribution in [0.15, 0.2) is 37.3 Å². The van der Waals surface area contributed by atoms with Crippen LogP contribution in [0.3, 0.4) is 0 Å². The Balaban J connectivity index is 1.45. The molecule has 0 saturated carbocycles. The van der Waals surface area contributed by atoms with E-state index in [-0.39, 0.29) is 12.5 Å². The molecule has 0 spiro atoms. The summed E-state index contributed by atoms with van der Waals surface area (Å²) in [5, 5.41) is 13.4. The van der Waals surface area contributed by atoms with Crippen LogP contribution in [-0.2, 0) is 11.3 Å². The fourth-order valence-electron chi connectivity index (χ4n) is 2.65. The second-order valence-corrected chi connectivity index (χ2v) is 5.79. The Labute approximate surface area is 134 Å². The summed E-state index contributed by atoms with van der Waals surface area (Å²) in [5.41, 5.74) is -0.928. The maximum Gasteiger partial charge on any atom is 0.221 e. The van der Waals surface area contributed by atoms with E-state index < -0.39 is 5.60 Å². The highest BCUT2D eigenvalue weighted by atomic mass is 16.3. The van der Waals surface area contributed by atoms with Gasteiger partial charge in [0.2, 0.25) is 5.91 Å². The average molecular weight is 316 g/mol. The molecule has 1 aliphatic heterocycles. The van der Waals surface area contributed by atoms with E-state index in [1.54, 1.807) is 31.1 Å². The van der Waals surface area contributed by atoms with Gasteiger partial charge in [0.05, 0.1) is 12.5 Å². The minimum atomic E-state index is -0.928. The normalized spacial score (nSPS) is 20.7. The van der Waals surface area contributed by atoms with Crippen LogP contribution in [0.4, 0.5) is 5.82 Å². The zero-order valence-corrected chi connectivity index (χ0v) is 12.8. The summed E-state index contributed by atoms with van der Waals surface area (Å²) in [6.07, 6.45) is 11.0. The quantitative estimate of drug-likeness (QED) is 0.767. The minimum Gasteiger partial charge on any atom is -0.386 e. The molecule has 8 nitrogen and oxygen atoms in total.